The number of nitrogens with one attached hydrogen (secondary N) is 1. The molecule has 0 spiro atoms. The summed E-state index contributed by atoms with van der Waals surface area (Å²) in [6.45, 7) is 5.15. The number of nitrogens with zero attached hydrogens (tertiary/aromatic N) is 4. The Bertz CT molecular complexity index is 860. The van der Waals surface area contributed by atoms with Crippen molar-refractivity contribution in [2.24, 2.45) is 11.8 Å². The summed E-state index contributed by atoms with van der Waals surface area (Å²) in [7, 11) is 5.80. The first-order chi connectivity index (χ1) is 15.8. The maximum absolute atomic E-state index is 13.2. The van der Waals surface area contributed by atoms with E-state index in [0.29, 0.717) is 23.7 Å². The van der Waals surface area contributed by atoms with Gasteiger partial charge in [0.1, 0.15) is 5.69 Å². The van der Waals surface area contributed by atoms with Gasteiger partial charge in [-0.2, -0.15) is 0 Å². The zero-order valence-electron chi connectivity index (χ0n) is 20.4. The van der Waals surface area contributed by atoms with Crippen molar-refractivity contribution in [3.63, 3.8) is 0 Å². The average molecular weight is 458 g/mol. The molecule has 4 rings (SSSR count). The van der Waals surface area contributed by atoms with Crippen LogP contribution in [-0.2, 0) is 6.54 Å². The van der Waals surface area contributed by atoms with Gasteiger partial charge >= 0.3 is 0 Å². The number of fused-ring (bicyclic) bond motifs is 1. The number of piperidine rings is 1. The van der Waals surface area contributed by atoms with Crippen molar-refractivity contribution < 1.29 is 9.72 Å². The molecule has 33 heavy (non-hydrogen) atoms. The van der Waals surface area contributed by atoms with Gasteiger partial charge in [-0.05, 0) is 95.1 Å². The van der Waals surface area contributed by atoms with Crippen LogP contribution in [0.1, 0.15) is 60.9 Å². The summed E-state index contributed by atoms with van der Waals surface area (Å²) in [6, 6.07) is 3.55. The Morgan fingerprint density at radius 3 is 2.39 bits per heavy atom. The Morgan fingerprint density at radius 2 is 1.76 bits per heavy atom. The van der Waals surface area contributed by atoms with Gasteiger partial charge in [-0.15, -0.1) is 0 Å². The summed E-state index contributed by atoms with van der Waals surface area (Å²) in [4.78, 5) is 30.5. The van der Waals surface area contributed by atoms with E-state index in [9.17, 15) is 14.9 Å². The lowest BCUT2D eigenvalue weighted by Crippen LogP contribution is -2.40. The molecule has 0 atom stereocenters. The van der Waals surface area contributed by atoms with Crippen LogP contribution in [0.2, 0.25) is 0 Å². The molecule has 1 saturated carbocycles. The first-order valence-electron chi connectivity index (χ1n) is 12.5. The SMILES string of the molecule is CN(CCC1CCNCC1)CC1CCC(N2Cc3cc([N+](=O)[O-])c(N(C)C)cc3C2=O)CC1. The van der Waals surface area contributed by atoms with Gasteiger partial charge in [0, 0.05) is 44.9 Å². The summed E-state index contributed by atoms with van der Waals surface area (Å²) in [6.07, 6.45) is 8.26. The van der Waals surface area contributed by atoms with Crippen LogP contribution in [0.25, 0.3) is 0 Å². The molecule has 3 aliphatic rings. The number of carbonyl (C=O) groups excluding carboxylic acids is 1. The predicted molar refractivity (Wildman–Crippen MR) is 131 cm³/mol. The molecule has 8 heteroatoms. The van der Waals surface area contributed by atoms with E-state index < -0.39 is 0 Å². The lowest BCUT2D eigenvalue weighted by atomic mass is 9.85. The highest BCUT2D eigenvalue weighted by molar-refractivity contribution is 6.00. The quantitative estimate of drug-likeness (QED) is 0.475. The molecule has 2 fully saturated rings. The van der Waals surface area contributed by atoms with E-state index in [1.807, 2.05) is 4.90 Å². The normalized spacial score (nSPS) is 23.8. The molecule has 182 valence electrons. The summed E-state index contributed by atoms with van der Waals surface area (Å²) < 4.78 is 0. The minimum atomic E-state index is -0.352. The lowest BCUT2D eigenvalue weighted by molar-refractivity contribution is -0.384. The molecule has 1 aliphatic carbocycles. The van der Waals surface area contributed by atoms with Crippen molar-refractivity contribution in [2.75, 3.05) is 52.2 Å². The van der Waals surface area contributed by atoms with Gasteiger partial charge in [0.15, 0.2) is 0 Å². The second-order valence-corrected chi connectivity index (χ2v) is 10.5. The number of benzene rings is 1. The zero-order valence-corrected chi connectivity index (χ0v) is 20.4. The standard InChI is InChI=1S/C25H39N5O3/c1-27(2)23-15-22-20(14-24(23)30(32)33)17-29(25(22)31)21-6-4-19(5-7-21)16-28(3)13-10-18-8-11-26-12-9-18/h14-15,18-19,21,26H,4-13,16-17H2,1-3H3. The molecule has 2 heterocycles. The van der Waals surface area contributed by atoms with E-state index in [0.717, 1.165) is 43.7 Å². The van der Waals surface area contributed by atoms with Crippen LogP contribution in [0, 0.1) is 22.0 Å². The summed E-state index contributed by atoms with van der Waals surface area (Å²) in [5.74, 6) is 1.60. The van der Waals surface area contributed by atoms with Crippen molar-refractivity contribution in [1.82, 2.24) is 15.1 Å². The molecule has 0 unspecified atom stereocenters. The lowest BCUT2D eigenvalue weighted by Gasteiger charge is -2.36. The van der Waals surface area contributed by atoms with Gasteiger partial charge < -0.3 is 20.0 Å². The van der Waals surface area contributed by atoms with Gasteiger partial charge in [0.05, 0.1) is 4.92 Å². The van der Waals surface area contributed by atoms with Crippen LogP contribution < -0.4 is 10.2 Å². The monoisotopic (exact) mass is 457 g/mol. The second-order valence-electron chi connectivity index (χ2n) is 10.5. The predicted octanol–water partition coefficient (Wildman–Crippen LogP) is 3.50. The van der Waals surface area contributed by atoms with Gasteiger partial charge in [-0.25, -0.2) is 0 Å². The number of anilines is 1. The minimum absolute atomic E-state index is 0.0329. The van der Waals surface area contributed by atoms with E-state index in [4.69, 9.17) is 0 Å². The van der Waals surface area contributed by atoms with Crippen molar-refractivity contribution >= 4 is 17.3 Å². The van der Waals surface area contributed by atoms with Crippen molar-refractivity contribution in [3.05, 3.63) is 33.4 Å². The Hall–Kier alpha value is -2.19. The van der Waals surface area contributed by atoms with Crippen LogP contribution in [-0.4, -0.2) is 74.0 Å². The minimum Gasteiger partial charge on any atom is -0.372 e. The molecular weight excluding hydrogens is 418 g/mol. The highest BCUT2D eigenvalue weighted by atomic mass is 16.6. The van der Waals surface area contributed by atoms with Gasteiger partial charge in [0.25, 0.3) is 11.6 Å². The molecule has 0 bridgehead atoms. The van der Waals surface area contributed by atoms with Gasteiger partial charge in [-0.1, -0.05) is 0 Å². The van der Waals surface area contributed by atoms with Crippen LogP contribution in [0.4, 0.5) is 11.4 Å². The van der Waals surface area contributed by atoms with E-state index in [-0.39, 0.29) is 22.6 Å². The topological polar surface area (TPSA) is 82.0 Å². The van der Waals surface area contributed by atoms with E-state index in [1.165, 1.54) is 38.9 Å². The van der Waals surface area contributed by atoms with E-state index >= 15 is 0 Å². The third-order valence-corrected chi connectivity index (χ3v) is 7.92. The highest BCUT2D eigenvalue weighted by Crippen LogP contribution is 2.38. The first-order valence-corrected chi connectivity index (χ1v) is 12.5. The van der Waals surface area contributed by atoms with Crippen molar-refractivity contribution in [2.45, 2.75) is 57.5 Å². The van der Waals surface area contributed by atoms with Crippen LogP contribution in [0.5, 0.6) is 0 Å². The molecule has 2 aliphatic heterocycles. The zero-order chi connectivity index (χ0) is 23.5. The Balaban J connectivity index is 1.29. The maximum atomic E-state index is 13.2. The molecule has 1 N–H and O–H groups in total. The molecule has 1 aromatic rings. The summed E-state index contributed by atoms with van der Waals surface area (Å²) >= 11 is 0. The number of nitro groups is 1. The second kappa shape index (κ2) is 10.4. The fraction of sp³-hybridized carbons (Fsp3) is 0.720. The summed E-state index contributed by atoms with van der Waals surface area (Å²) in [5.41, 5.74) is 1.98. The van der Waals surface area contributed by atoms with E-state index in [1.54, 1.807) is 31.1 Å². The average Bonchev–Trinajstić information content (AvgIpc) is 3.13. The number of rotatable bonds is 8. The number of carbonyl (C=O) groups is 1. The molecule has 0 aromatic heterocycles. The molecule has 0 radical (unpaired) electrons. The van der Waals surface area contributed by atoms with Crippen LogP contribution >= 0.6 is 0 Å². The number of hydrogen-bond acceptors (Lipinski definition) is 6. The highest BCUT2D eigenvalue weighted by Gasteiger charge is 2.37. The molecular formula is C25H39N5O3. The van der Waals surface area contributed by atoms with Crippen LogP contribution in [0.3, 0.4) is 0 Å². The first kappa shape index (κ1) is 24.0. The van der Waals surface area contributed by atoms with Crippen molar-refractivity contribution in [3.8, 4) is 0 Å². The number of hydrogen-bond donors (Lipinski definition) is 1. The Labute approximate surface area is 197 Å². The van der Waals surface area contributed by atoms with E-state index in [2.05, 4.69) is 17.3 Å². The fourth-order valence-corrected chi connectivity index (χ4v) is 5.90. The third-order valence-electron chi connectivity index (χ3n) is 7.92. The smallest absolute Gasteiger partial charge is 0.292 e. The molecule has 1 saturated heterocycles. The largest absolute Gasteiger partial charge is 0.372 e. The van der Waals surface area contributed by atoms with Crippen LogP contribution in [0.15, 0.2) is 12.1 Å². The molecule has 8 nitrogen and oxygen atoms in total. The van der Waals surface area contributed by atoms with Crippen molar-refractivity contribution in [1.29, 1.82) is 0 Å². The maximum Gasteiger partial charge on any atom is 0.292 e. The summed E-state index contributed by atoms with van der Waals surface area (Å²) in [5, 5.41) is 15.0. The molecule has 1 aromatic carbocycles. The number of amides is 1. The number of nitro benzene ring substituents is 1. The molecule has 1 amide bonds. The fourth-order valence-electron chi connectivity index (χ4n) is 5.90. The Morgan fingerprint density at radius 1 is 1.06 bits per heavy atom. The Kier molecular flexibility index (Phi) is 7.54. The third kappa shape index (κ3) is 5.49. The van der Waals surface area contributed by atoms with Gasteiger partial charge in [0.2, 0.25) is 0 Å². The van der Waals surface area contributed by atoms with Gasteiger partial charge in [-0.3, -0.25) is 14.9 Å².